The Morgan fingerprint density at radius 1 is 1.41 bits per heavy atom. The van der Waals surface area contributed by atoms with Gasteiger partial charge in [0.15, 0.2) is 0 Å². The molecule has 0 heterocycles. The van der Waals surface area contributed by atoms with Crippen LogP contribution >= 0.6 is 0 Å². The molecule has 0 saturated carbocycles. The van der Waals surface area contributed by atoms with Gasteiger partial charge in [0, 0.05) is 17.7 Å². The summed E-state index contributed by atoms with van der Waals surface area (Å²) >= 11 is 0. The summed E-state index contributed by atoms with van der Waals surface area (Å²) in [4.78, 5) is 10.6. The maximum Gasteiger partial charge on any atom is 0.272 e. The van der Waals surface area contributed by atoms with Gasteiger partial charge in [-0.3, -0.25) is 10.1 Å². The predicted octanol–water partition coefficient (Wildman–Crippen LogP) is 2.77. The van der Waals surface area contributed by atoms with Crippen molar-refractivity contribution in [2.75, 3.05) is 7.05 Å². The molecule has 0 aliphatic carbocycles. The van der Waals surface area contributed by atoms with Gasteiger partial charge in [-0.2, -0.15) is 0 Å². The molecule has 1 aromatic carbocycles. The summed E-state index contributed by atoms with van der Waals surface area (Å²) in [7, 11) is 1.93. The van der Waals surface area contributed by atoms with Crippen LogP contribution < -0.4 is 5.32 Å². The Morgan fingerprint density at radius 2 is 2.06 bits per heavy atom. The molecule has 0 spiro atoms. The Morgan fingerprint density at radius 3 is 2.59 bits per heavy atom. The average molecular weight is 236 g/mol. The number of nitrogens with one attached hydrogen (secondary N) is 1. The number of nitrogens with zero attached hydrogens (tertiary/aromatic N) is 1. The van der Waals surface area contributed by atoms with Crippen molar-refractivity contribution in [3.05, 3.63) is 39.9 Å². The van der Waals surface area contributed by atoms with Gasteiger partial charge < -0.3 is 5.32 Å². The number of nitro benzene ring substituents is 1. The van der Waals surface area contributed by atoms with Crippen LogP contribution in [0.5, 0.6) is 0 Å². The summed E-state index contributed by atoms with van der Waals surface area (Å²) in [5, 5.41) is 14.2. The summed E-state index contributed by atoms with van der Waals surface area (Å²) in [5.41, 5.74) is 1.05. The topological polar surface area (TPSA) is 55.2 Å². The molecule has 1 N–H and O–H groups in total. The highest BCUT2D eigenvalue weighted by Crippen LogP contribution is 2.22. The molecule has 0 bridgehead atoms. The van der Waals surface area contributed by atoms with Crippen molar-refractivity contribution in [3.63, 3.8) is 0 Å². The first-order valence-corrected chi connectivity index (χ1v) is 5.99. The number of para-hydroxylation sites is 1. The number of hydrogen-bond donors (Lipinski definition) is 1. The summed E-state index contributed by atoms with van der Waals surface area (Å²) in [6.07, 6.45) is 1.76. The predicted molar refractivity (Wildman–Crippen MR) is 69.1 cm³/mol. The monoisotopic (exact) mass is 236 g/mol. The zero-order valence-electron chi connectivity index (χ0n) is 10.6. The van der Waals surface area contributed by atoms with Gasteiger partial charge in [0.1, 0.15) is 0 Å². The van der Waals surface area contributed by atoms with E-state index in [2.05, 4.69) is 19.2 Å². The molecule has 0 fully saturated rings. The van der Waals surface area contributed by atoms with E-state index in [-0.39, 0.29) is 10.6 Å². The summed E-state index contributed by atoms with van der Waals surface area (Å²) in [6.45, 7) is 4.25. The molecule has 0 aromatic heterocycles. The van der Waals surface area contributed by atoms with Crippen molar-refractivity contribution in [1.29, 1.82) is 0 Å². The van der Waals surface area contributed by atoms with Crippen LogP contribution in [0.4, 0.5) is 5.69 Å². The molecule has 2 unspecified atom stereocenters. The number of nitro groups is 1. The van der Waals surface area contributed by atoms with Crippen molar-refractivity contribution >= 4 is 5.69 Å². The van der Waals surface area contributed by atoms with E-state index in [1.165, 1.54) is 0 Å². The van der Waals surface area contributed by atoms with Crippen molar-refractivity contribution in [2.45, 2.75) is 32.7 Å². The van der Waals surface area contributed by atoms with Gasteiger partial charge in [-0.1, -0.05) is 32.0 Å². The second kappa shape index (κ2) is 6.35. The Balaban J connectivity index is 2.84. The van der Waals surface area contributed by atoms with E-state index < -0.39 is 0 Å². The number of benzene rings is 1. The van der Waals surface area contributed by atoms with Crippen LogP contribution in [0.25, 0.3) is 0 Å². The second-order valence-corrected chi connectivity index (χ2v) is 4.37. The largest absolute Gasteiger partial charge is 0.317 e. The van der Waals surface area contributed by atoms with Crippen LogP contribution in [-0.2, 0) is 6.42 Å². The van der Waals surface area contributed by atoms with E-state index in [4.69, 9.17) is 0 Å². The molecule has 0 aliphatic heterocycles. The Hall–Kier alpha value is -1.42. The Labute approximate surface area is 102 Å². The Kier molecular flexibility index (Phi) is 5.10. The second-order valence-electron chi connectivity index (χ2n) is 4.37. The molecule has 4 heteroatoms. The van der Waals surface area contributed by atoms with Gasteiger partial charge in [-0.15, -0.1) is 0 Å². The molecule has 17 heavy (non-hydrogen) atoms. The molecular weight excluding hydrogens is 216 g/mol. The van der Waals surface area contributed by atoms with Crippen LogP contribution in [0.1, 0.15) is 25.8 Å². The van der Waals surface area contributed by atoms with Crippen LogP contribution in [0, 0.1) is 16.0 Å². The number of hydrogen-bond acceptors (Lipinski definition) is 3. The highest BCUT2D eigenvalue weighted by Gasteiger charge is 2.19. The highest BCUT2D eigenvalue weighted by molar-refractivity contribution is 5.40. The van der Waals surface area contributed by atoms with Crippen molar-refractivity contribution in [2.24, 2.45) is 5.92 Å². The molecule has 94 valence electrons. The molecule has 0 amide bonds. The third-order valence-electron chi connectivity index (χ3n) is 3.23. The van der Waals surface area contributed by atoms with Crippen LogP contribution in [-0.4, -0.2) is 18.0 Å². The summed E-state index contributed by atoms with van der Waals surface area (Å²) in [6, 6.07) is 7.38. The number of rotatable bonds is 6. The van der Waals surface area contributed by atoms with E-state index in [0.717, 1.165) is 18.4 Å². The van der Waals surface area contributed by atoms with Gasteiger partial charge in [0.2, 0.25) is 0 Å². The van der Waals surface area contributed by atoms with Crippen LogP contribution in [0.15, 0.2) is 24.3 Å². The summed E-state index contributed by atoms with van der Waals surface area (Å²) < 4.78 is 0. The van der Waals surface area contributed by atoms with E-state index in [0.29, 0.717) is 12.0 Å². The molecule has 0 saturated heterocycles. The van der Waals surface area contributed by atoms with E-state index >= 15 is 0 Å². The lowest BCUT2D eigenvalue weighted by atomic mass is 9.92. The molecule has 2 atom stereocenters. The maximum atomic E-state index is 10.9. The zero-order valence-corrected chi connectivity index (χ0v) is 10.6. The minimum atomic E-state index is -0.303. The normalized spacial score (nSPS) is 14.3. The molecule has 4 nitrogen and oxygen atoms in total. The fourth-order valence-electron chi connectivity index (χ4n) is 2.24. The lowest BCUT2D eigenvalue weighted by Gasteiger charge is -2.22. The lowest BCUT2D eigenvalue weighted by Crippen LogP contribution is -2.32. The van der Waals surface area contributed by atoms with Gasteiger partial charge in [0.05, 0.1) is 4.92 Å². The fraction of sp³-hybridized carbons (Fsp3) is 0.538. The van der Waals surface area contributed by atoms with Gasteiger partial charge in [0.25, 0.3) is 5.69 Å². The molecule has 1 aromatic rings. The minimum absolute atomic E-state index is 0.227. The van der Waals surface area contributed by atoms with E-state index in [1.54, 1.807) is 12.1 Å². The maximum absolute atomic E-state index is 10.9. The zero-order chi connectivity index (χ0) is 12.8. The smallest absolute Gasteiger partial charge is 0.272 e. The van der Waals surface area contributed by atoms with E-state index in [9.17, 15) is 10.1 Å². The lowest BCUT2D eigenvalue weighted by molar-refractivity contribution is -0.385. The van der Waals surface area contributed by atoms with Gasteiger partial charge in [-0.25, -0.2) is 0 Å². The quantitative estimate of drug-likeness (QED) is 0.610. The third kappa shape index (κ3) is 3.53. The van der Waals surface area contributed by atoms with Gasteiger partial charge in [-0.05, 0) is 25.8 Å². The molecular formula is C13H20N2O2. The summed E-state index contributed by atoms with van der Waals surface area (Å²) in [5.74, 6) is 0.381. The van der Waals surface area contributed by atoms with Crippen molar-refractivity contribution < 1.29 is 4.92 Å². The molecule has 1 rings (SSSR count). The first kappa shape index (κ1) is 13.6. The Bertz CT molecular complexity index is 375. The molecule has 0 radical (unpaired) electrons. The van der Waals surface area contributed by atoms with Crippen molar-refractivity contribution in [1.82, 2.24) is 5.32 Å². The van der Waals surface area contributed by atoms with Crippen LogP contribution in [0.2, 0.25) is 0 Å². The van der Waals surface area contributed by atoms with E-state index in [1.807, 2.05) is 19.2 Å². The highest BCUT2D eigenvalue weighted by atomic mass is 16.6. The van der Waals surface area contributed by atoms with Crippen LogP contribution in [0.3, 0.4) is 0 Å². The first-order chi connectivity index (χ1) is 8.10. The third-order valence-corrected chi connectivity index (χ3v) is 3.23. The average Bonchev–Trinajstić information content (AvgIpc) is 2.31. The first-order valence-electron chi connectivity index (χ1n) is 5.99. The van der Waals surface area contributed by atoms with Crippen molar-refractivity contribution in [3.8, 4) is 0 Å². The SMILES string of the molecule is CCC(NC)C(C)Cc1ccccc1[N+](=O)[O-]. The standard InChI is InChI=1S/C13H20N2O2/c1-4-12(14-3)10(2)9-11-7-5-6-8-13(11)15(16)17/h5-8,10,12,14H,4,9H2,1-3H3. The minimum Gasteiger partial charge on any atom is -0.317 e. The fourth-order valence-corrected chi connectivity index (χ4v) is 2.24. The molecule has 0 aliphatic rings. The van der Waals surface area contributed by atoms with Gasteiger partial charge >= 0.3 is 0 Å².